The van der Waals surface area contributed by atoms with Crippen LogP contribution in [-0.2, 0) is 9.84 Å². The lowest BCUT2D eigenvalue weighted by Crippen LogP contribution is -2.23. The van der Waals surface area contributed by atoms with E-state index in [0.717, 1.165) is 0 Å². The maximum absolute atomic E-state index is 11.3. The van der Waals surface area contributed by atoms with Crippen LogP contribution in [0.4, 0.5) is 0 Å². The normalized spacial score (nSPS) is 20.3. The van der Waals surface area contributed by atoms with Crippen molar-refractivity contribution < 1.29 is 22.8 Å². The van der Waals surface area contributed by atoms with E-state index in [1.54, 1.807) is 6.92 Å². The van der Waals surface area contributed by atoms with Crippen molar-refractivity contribution in [3.8, 4) is 0 Å². The van der Waals surface area contributed by atoms with E-state index >= 15 is 0 Å². The van der Waals surface area contributed by atoms with Crippen LogP contribution in [0.2, 0.25) is 0 Å². The molecule has 0 aliphatic carbocycles. The highest BCUT2D eigenvalue weighted by molar-refractivity contribution is 7.91. The minimum absolute atomic E-state index is 0.0872. The number of hydrogen-bond acceptors (Lipinski definition) is 5. The quantitative estimate of drug-likeness (QED) is 0.850. The van der Waals surface area contributed by atoms with Crippen molar-refractivity contribution in [1.82, 2.24) is 5.16 Å². The Labute approximate surface area is 98.5 Å². The van der Waals surface area contributed by atoms with E-state index in [2.05, 4.69) is 5.16 Å². The molecular weight excluding hydrogens is 246 g/mol. The number of hydrogen-bond donors (Lipinski definition) is 1. The van der Waals surface area contributed by atoms with E-state index in [9.17, 15) is 13.2 Å². The van der Waals surface area contributed by atoms with E-state index in [-0.39, 0.29) is 23.2 Å². The first-order chi connectivity index (χ1) is 7.91. The highest BCUT2D eigenvalue weighted by Gasteiger charge is 2.31. The third-order valence-corrected chi connectivity index (χ3v) is 4.78. The molecule has 0 unspecified atom stereocenters. The van der Waals surface area contributed by atoms with Gasteiger partial charge in [-0.3, -0.25) is 0 Å². The molecule has 2 heterocycles. The van der Waals surface area contributed by atoms with E-state index in [4.69, 9.17) is 9.63 Å². The van der Waals surface area contributed by atoms with Crippen molar-refractivity contribution in [2.75, 3.05) is 11.5 Å². The van der Waals surface area contributed by atoms with Crippen LogP contribution in [0.3, 0.4) is 0 Å². The number of nitrogens with zero attached hydrogens (tertiary/aromatic N) is 1. The summed E-state index contributed by atoms with van der Waals surface area (Å²) in [5.74, 6) is -1.21. The summed E-state index contributed by atoms with van der Waals surface area (Å²) in [5.41, 5.74) is 1.08. The molecule has 0 spiro atoms. The third-order valence-electron chi connectivity index (χ3n) is 3.07. The number of aromatic nitrogens is 1. The third kappa shape index (κ3) is 2.33. The summed E-state index contributed by atoms with van der Waals surface area (Å²) < 4.78 is 27.4. The van der Waals surface area contributed by atoms with E-state index in [1.807, 2.05) is 0 Å². The largest absolute Gasteiger partial charge is 0.475 e. The van der Waals surface area contributed by atoms with E-state index in [1.165, 1.54) is 0 Å². The molecule has 0 aromatic carbocycles. The molecular formula is C10H13NO5S. The van der Waals surface area contributed by atoms with Gasteiger partial charge >= 0.3 is 5.97 Å². The van der Waals surface area contributed by atoms with Crippen molar-refractivity contribution in [2.24, 2.45) is 0 Å². The summed E-state index contributed by atoms with van der Waals surface area (Å²) in [6, 6.07) is 0. The Hall–Kier alpha value is -1.37. The molecule has 6 nitrogen and oxygen atoms in total. The number of aryl methyl sites for hydroxylation is 1. The molecule has 7 heteroatoms. The molecule has 0 amide bonds. The van der Waals surface area contributed by atoms with Crippen molar-refractivity contribution in [2.45, 2.75) is 25.7 Å². The SMILES string of the molecule is Cc1noc(C(=O)O)c1C1CCS(=O)(=O)CC1. The molecule has 0 saturated carbocycles. The molecule has 1 saturated heterocycles. The van der Waals surface area contributed by atoms with Crippen LogP contribution in [0.5, 0.6) is 0 Å². The summed E-state index contributed by atoms with van der Waals surface area (Å²) >= 11 is 0. The Morgan fingerprint density at radius 3 is 2.53 bits per heavy atom. The molecule has 1 aromatic heterocycles. The maximum Gasteiger partial charge on any atom is 0.375 e. The second kappa shape index (κ2) is 4.14. The molecule has 1 fully saturated rings. The Morgan fingerprint density at radius 1 is 1.41 bits per heavy atom. The van der Waals surface area contributed by atoms with E-state index in [0.29, 0.717) is 24.1 Å². The van der Waals surface area contributed by atoms with Crippen LogP contribution in [-0.4, -0.2) is 36.2 Å². The van der Waals surface area contributed by atoms with Gasteiger partial charge in [0.2, 0.25) is 5.76 Å². The first-order valence-electron chi connectivity index (χ1n) is 5.30. The van der Waals surface area contributed by atoms with Gasteiger partial charge in [0.1, 0.15) is 9.84 Å². The fourth-order valence-electron chi connectivity index (χ4n) is 2.19. The van der Waals surface area contributed by atoms with Crippen molar-refractivity contribution in [3.63, 3.8) is 0 Å². The Kier molecular flexibility index (Phi) is 2.94. The highest BCUT2D eigenvalue weighted by Crippen LogP contribution is 2.33. The zero-order valence-electron chi connectivity index (χ0n) is 9.34. The summed E-state index contributed by atoms with van der Waals surface area (Å²) in [6.07, 6.45) is 0.870. The Balaban J connectivity index is 2.29. The van der Waals surface area contributed by atoms with Gasteiger partial charge in [-0.05, 0) is 25.7 Å². The van der Waals surface area contributed by atoms with Gasteiger partial charge in [0.15, 0.2) is 0 Å². The predicted molar refractivity (Wildman–Crippen MR) is 58.8 cm³/mol. The van der Waals surface area contributed by atoms with Gasteiger partial charge in [-0.2, -0.15) is 0 Å². The molecule has 17 heavy (non-hydrogen) atoms. The first-order valence-corrected chi connectivity index (χ1v) is 7.13. The van der Waals surface area contributed by atoms with Crippen LogP contribution in [0.1, 0.15) is 40.6 Å². The van der Waals surface area contributed by atoms with Crippen molar-refractivity contribution in [1.29, 1.82) is 0 Å². The first kappa shape index (κ1) is 12.1. The zero-order chi connectivity index (χ0) is 12.6. The number of rotatable bonds is 2. The van der Waals surface area contributed by atoms with Gasteiger partial charge in [-0.1, -0.05) is 5.16 Å². The van der Waals surface area contributed by atoms with Gasteiger partial charge in [0, 0.05) is 5.56 Å². The Morgan fingerprint density at radius 2 is 2.00 bits per heavy atom. The molecule has 2 rings (SSSR count). The summed E-state index contributed by atoms with van der Waals surface area (Å²) in [7, 11) is -2.95. The van der Waals surface area contributed by atoms with Gasteiger partial charge in [0.25, 0.3) is 0 Å². The van der Waals surface area contributed by atoms with Gasteiger partial charge < -0.3 is 9.63 Å². The fraction of sp³-hybridized carbons (Fsp3) is 0.600. The van der Waals surface area contributed by atoms with Crippen LogP contribution >= 0.6 is 0 Å². The lowest BCUT2D eigenvalue weighted by Gasteiger charge is -2.21. The molecule has 1 aromatic rings. The lowest BCUT2D eigenvalue weighted by atomic mass is 9.92. The second-order valence-electron chi connectivity index (χ2n) is 4.24. The molecule has 0 atom stereocenters. The number of carboxylic acid groups (broad SMARTS) is 1. The monoisotopic (exact) mass is 259 g/mol. The van der Waals surface area contributed by atoms with Gasteiger partial charge in [-0.25, -0.2) is 13.2 Å². The smallest absolute Gasteiger partial charge is 0.375 e. The molecule has 1 aliphatic rings. The molecule has 0 radical (unpaired) electrons. The molecule has 94 valence electrons. The van der Waals surface area contributed by atoms with Crippen LogP contribution in [0.15, 0.2) is 4.52 Å². The standard InChI is InChI=1S/C10H13NO5S/c1-6-8(9(10(12)13)16-11-6)7-2-4-17(14,15)5-3-7/h7H,2-5H2,1H3,(H,12,13). The van der Waals surface area contributed by atoms with Gasteiger partial charge in [-0.15, -0.1) is 0 Å². The topological polar surface area (TPSA) is 97.5 Å². The lowest BCUT2D eigenvalue weighted by molar-refractivity contribution is 0.0649. The number of carbonyl (C=O) groups is 1. The number of aromatic carboxylic acids is 1. The zero-order valence-corrected chi connectivity index (χ0v) is 10.2. The average molecular weight is 259 g/mol. The van der Waals surface area contributed by atoms with Crippen LogP contribution in [0, 0.1) is 6.92 Å². The minimum Gasteiger partial charge on any atom is -0.475 e. The van der Waals surface area contributed by atoms with Crippen molar-refractivity contribution >= 4 is 15.8 Å². The second-order valence-corrected chi connectivity index (χ2v) is 6.55. The fourth-order valence-corrected chi connectivity index (χ4v) is 3.68. The average Bonchev–Trinajstić information content (AvgIpc) is 2.61. The molecule has 1 aliphatic heterocycles. The minimum atomic E-state index is -2.95. The van der Waals surface area contributed by atoms with E-state index < -0.39 is 15.8 Å². The predicted octanol–water partition coefficient (Wildman–Crippen LogP) is 0.973. The van der Waals surface area contributed by atoms with Crippen molar-refractivity contribution in [3.05, 3.63) is 17.0 Å². The summed E-state index contributed by atoms with van der Waals surface area (Å²) in [6.45, 7) is 1.67. The molecule has 0 bridgehead atoms. The summed E-state index contributed by atoms with van der Waals surface area (Å²) in [5, 5.41) is 12.6. The van der Waals surface area contributed by atoms with Crippen LogP contribution < -0.4 is 0 Å². The Bertz CT molecular complexity index is 531. The van der Waals surface area contributed by atoms with Crippen LogP contribution in [0.25, 0.3) is 0 Å². The molecule has 1 N–H and O–H groups in total. The van der Waals surface area contributed by atoms with Gasteiger partial charge in [0.05, 0.1) is 17.2 Å². The maximum atomic E-state index is 11.3. The summed E-state index contributed by atoms with van der Waals surface area (Å²) in [4.78, 5) is 11.0. The number of sulfone groups is 1. The number of carboxylic acids is 1. The highest BCUT2D eigenvalue weighted by atomic mass is 32.2.